The SMILES string of the molecule is CCOc1ccc(-c2ccc(Cl)cc2Cl)cc1C1C(=O)C(C)(C)OC(C)(C)C1=O. The molecule has 6 heteroatoms. The highest BCUT2D eigenvalue weighted by atomic mass is 35.5. The Bertz CT molecular complexity index is 953. The van der Waals surface area contributed by atoms with Gasteiger partial charge in [0, 0.05) is 21.2 Å². The van der Waals surface area contributed by atoms with Crippen molar-refractivity contribution in [3.05, 3.63) is 52.0 Å². The summed E-state index contributed by atoms with van der Waals surface area (Å²) in [6.07, 6.45) is 0. The van der Waals surface area contributed by atoms with Gasteiger partial charge < -0.3 is 9.47 Å². The summed E-state index contributed by atoms with van der Waals surface area (Å²) in [7, 11) is 0. The highest BCUT2D eigenvalue weighted by Crippen LogP contribution is 2.43. The van der Waals surface area contributed by atoms with Crippen LogP contribution in [0.4, 0.5) is 0 Å². The molecule has 1 saturated heterocycles. The minimum atomic E-state index is -1.10. The van der Waals surface area contributed by atoms with Crippen LogP contribution < -0.4 is 4.74 Å². The molecule has 0 aromatic heterocycles. The van der Waals surface area contributed by atoms with Crippen LogP contribution in [0.25, 0.3) is 11.1 Å². The van der Waals surface area contributed by atoms with E-state index in [1.807, 2.05) is 19.1 Å². The third kappa shape index (κ3) is 4.07. The van der Waals surface area contributed by atoms with Crippen molar-refractivity contribution in [2.24, 2.45) is 0 Å². The molecule has 0 unspecified atom stereocenters. The Morgan fingerprint density at radius 3 is 2.14 bits per heavy atom. The Hall–Kier alpha value is -1.88. The fourth-order valence-electron chi connectivity index (χ4n) is 3.79. The third-order valence-electron chi connectivity index (χ3n) is 5.08. The van der Waals surface area contributed by atoms with E-state index in [-0.39, 0.29) is 11.6 Å². The van der Waals surface area contributed by atoms with Gasteiger partial charge in [-0.15, -0.1) is 0 Å². The monoisotopic (exact) mass is 434 g/mol. The highest BCUT2D eigenvalue weighted by Gasteiger charge is 2.53. The number of ether oxygens (including phenoxy) is 2. The van der Waals surface area contributed by atoms with Crippen LogP contribution in [-0.4, -0.2) is 29.4 Å². The van der Waals surface area contributed by atoms with Gasteiger partial charge in [0.1, 0.15) is 22.9 Å². The summed E-state index contributed by atoms with van der Waals surface area (Å²) in [4.78, 5) is 26.4. The fraction of sp³-hybridized carbons (Fsp3) is 0.391. The van der Waals surface area contributed by atoms with Crippen molar-refractivity contribution in [3.63, 3.8) is 0 Å². The summed E-state index contributed by atoms with van der Waals surface area (Å²) in [5.41, 5.74) is -0.146. The lowest BCUT2D eigenvalue weighted by molar-refractivity contribution is -0.184. The Kier molecular flexibility index (Phi) is 5.83. The first kappa shape index (κ1) is 21.8. The second-order valence-corrected chi connectivity index (χ2v) is 8.94. The molecule has 0 atom stereocenters. The zero-order chi connectivity index (χ0) is 21.6. The average Bonchev–Trinajstić information content (AvgIpc) is 2.61. The quantitative estimate of drug-likeness (QED) is 0.564. The molecule has 0 bridgehead atoms. The predicted octanol–water partition coefficient (Wildman–Crippen LogP) is 5.87. The number of hydrogen-bond acceptors (Lipinski definition) is 4. The summed E-state index contributed by atoms with van der Waals surface area (Å²) in [5, 5.41) is 1.01. The molecule has 0 aliphatic carbocycles. The molecule has 1 fully saturated rings. The van der Waals surface area contributed by atoms with Crippen LogP contribution in [0.2, 0.25) is 10.0 Å². The maximum absolute atomic E-state index is 13.2. The topological polar surface area (TPSA) is 52.6 Å². The van der Waals surface area contributed by atoms with Gasteiger partial charge in [-0.25, -0.2) is 0 Å². The van der Waals surface area contributed by atoms with E-state index >= 15 is 0 Å². The number of Topliss-reactive ketones (excluding diaryl/α,β-unsaturated/α-hetero) is 2. The Balaban J connectivity index is 2.20. The van der Waals surface area contributed by atoms with Gasteiger partial charge in [-0.3, -0.25) is 9.59 Å². The maximum atomic E-state index is 13.2. The number of carbonyl (C=O) groups excluding carboxylic acids is 2. The van der Waals surface area contributed by atoms with Gasteiger partial charge in [0.25, 0.3) is 0 Å². The molecule has 29 heavy (non-hydrogen) atoms. The molecule has 0 spiro atoms. The molecule has 4 nitrogen and oxygen atoms in total. The van der Waals surface area contributed by atoms with E-state index in [1.165, 1.54) is 0 Å². The van der Waals surface area contributed by atoms with Gasteiger partial charge in [0.2, 0.25) is 0 Å². The van der Waals surface area contributed by atoms with Crippen molar-refractivity contribution in [2.45, 2.75) is 51.7 Å². The minimum absolute atomic E-state index is 0.290. The zero-order valence-electron chi connectivity index (χ0n) is 17.1. The van der Waals surface area contributed by atoms with Gasteiger partial charge in [0.05, 0.1) is 6.61 Å². The van der Waals surface area contributed by atoms with Gasteiger partial charge >= 0.3 is 0 Å². The van der Waals surface area contributed by atoms with Gasteiger partial charge in [-0.1, -0.05) is 35.3 Å². The summed E-state index contributed by atoms with van der Waals surface area (Å²) >= 11 is 12.4. The van der Waals surface area contributed by atoms with E-state index in [9.17, 15) is 9.59 Å². The number of ketones is 2. The lowest BCUT2D eigenvalue weighted by Gasteiger charge is -2.42. The number of hydrogen-bond donors (Lipinski definition) is 0. The van der Waals surface area contributed by atoms with Crippen LogP contribution in [0.3, 0.4) is 0 Å². The minimum Gasteiger partial charge on any atom is -0.494 e. The molecule has 3 rings (SSSR count). The molecule has 1 aliphatic heterocycles. The average molecular weight is 435 g/mol. The zero-order valence-corrected chi connectivity index (χ0v) is 18.6. The molecule has 154 valence electrons. The Labute approximate surface area is 181 Å². The maximum Gasteiger partial charge on any atom is 0.179 e. The lowest BCUT2D eigenvalue weighted by Crippen LogP contribution is -2.57. The van der Waals surface area contributed by atoms with E-state index in [0.717, 1.165) is 11.1 Å². The van der Waals surface area contributed by atoms with Gasteiger partial charge in [-0.05, 0) is 64.4 Å². The number of halogens is 2. The van der Waals surface area contributed by atoms with Crippen molar-refractivity contribution in [3.8, 4) is 16.9 Å². The van der Waals surface area contributed by atoms with Crippen LogP contribution in [0.1, 0.15) is 46.1 Å². The van der Waals surface area contributed by atoms with Crippen molar-refractivity contribution in [2.75, 3.05) is 6.61 Å². The number of carbonyl (C=O) groups is 2. The van der Waals surface area contributed by atoms with Crippen LogP contribution in [0, 0.1) is 0 Å². The standard InChI is InChI=1S/C23H24Cl2O4/c1-6-28-18-10-7-13(15-9-8-14(24)12-17(15)25)11-16(18)19-20(26)22(2,3)29-23(4,5)21(19)27/h7-12,19H,6H2,1-5H3. The molecule has 1 heterocycles. The van der Waals surface area contributed by atoms with Crippen LogP contribution >= 0.6 is 23.2 Å². The van der Waals surface area contributed by atoms with Crippen molar-refractivity contribution < 1.29 is 19.1 Å². The highest BCUT2D eigenvalue weighted by molar-refractivity contribution is 6.36. The summed E-state index contributed by atoms with van der Waals surface area (Å²) < 4.78 is 11.6. The Morgan fingerprint density at radius 2 is 1.59 bits per heavy atom. The van der Waals surface area contributed by atoms with Crippen LogP contribution in [-0.2, 0) is 14.3 Å². The molecular weight excluding hydrogens is 411 g/mol. The second kappa shape index (κ2) is 7.75. The van der Waals surface area contributed by atoms with Crippen LogP contribution in [0.15, 0.2) is 36.4 Å². The molecule has 2 aromatic rings. The van der Waals surface area contributed by atoms with E-state index in [0.29, 0.717) is 28.0 Å². The number of rotatable bonds is 4. The first-order valence-electron chi connectivity index (χ1n) is 9.49. The third-order valence-corrected chi connectivity index (χ3v) is 5.63. The summed E-state index contributed by atoms with van der Waals surface area (Å²) in [6.45, 7) is 9.03. The first-order chi connectivity index (χ1) is 13.5. The van der Waals surface area contributed by atoms with Crippen molar-refractivity contribution >= 4 is 34.8 Å². The summed E-state index contributed by atoms with van der Waals surface area (Å²) in [6, 6.07) is 10.6. The van der Waals surface area contributed by atoms with E-state index in [1.54, 1.807) is 52.0 Å². The first-order valence-corrected chi connectivity index (χ1v) is 10.2. The number of benzene rings is 2. The van der Waals surface area contributed by atoms with Gasteiger partial charge in [0.15, 0.2) is 11.6 Å². The molecule has 0 saturated carbocycles. The molecular formula is C23H24Cl2O4. The molecule has 2 aromatic carbocycles. The predicted molar refractivity (Wildman–Crippen MR) is 115 cm³/mol. The normalized spacial score (nSPS) is 18.7. The fourth-order valence-corrected chi connectivity index (χ4v) is 4.30. The largest absolute Gasteiger partial charge is 0.494 e. The van der Waals surface area contributed by atoms with Crippen molar-refractivity contribution in [1.29, 1.82) is 0 Å². The van der Waals surface area contributed by atoms with E-state index < -0.39 is 17.1 Å². The molecule has 0 N–H and O–H groups in total. The van der Waals surface area contributed by atoms with E-state index in [2.05, 4.69) is 0 Å². The molecule has 0 radical (unpaired) electrons. The second-order valence-electron chi connectivity index (χ2n) is 8.09. The Morgan fingerprint density at radius 1 is 0.966 bits per heavy atom. The lowest BCUT2D eigenvalue weighted by atomic mass is 9.74. The smallest absolute Gasteiger partial charge is 0.179 e. The molecule has 0 amide bonds. The molecule has 1 aliphatic rings. The summed E-state index contributed by atoms with van der Waals surface area (Å²) in [5.74, 6) is -1.06. The van der Waals surface area contributed by atoms with Crippen LogP contribution in [0.5, 0.6) is 5.75 Å². The van der Waals surface area contributed by atoms with E-state index in [4.69, 9.17) is 32.7 Å². The van der Waals surface area contributed by atoms with Crippen molar-refractivity contribution in [1.82, 2.24) is 0 Å². The van der Waals surface area contributed by atoms with Gasteiger partial charge in [-0.2, -0.15) is 0 Å².